The number of aryl methyl sites for hydroxylation is 2. The first-order valence-electron chi connectivity index (χ1n) is 6.88. The number of nitrogens with one attached hydrogen (secondary N) is 1. The highest BCUT2D eigenvalue weighted by Crippen LogP contribution is 2.13. The average molecular weight is 289 g/mol. The number of carbonyl (C=O) groups excluding carboxylic acids is 1. The number of nitrogens with two attached hydrogens (primary N) is 1. The summed E-state index contributed by atoms with van der Waals surface area (Å²) >= 11 is 0. The first-order valence-corrected chi connectivity index (χ1v) is 6.88. The number of hydrogen-bond acceptors (Lipinski definition) is 4. The van der Waals surface area contributed by atoms with E-state index in [4.69, 9.17) is 10.5 Å². The van der Waals surface area contributed by atoms with Crippen LogP contribution in [0.4, 0.5) is 10.6 Å². The van der Waals surface area contributed by atoms with Crippen molar-refractivity contribution >= 4 is 11.9 Å². The molecule has 0 aliphatic rings. The minimum Gasteiger partial charge on any atom is -0.444 e. The number of aromatic nitrogens is 1. The Labute approximate surface area is 126 Å². The van der Waals surface area contributed by atoms with E-state index in [-0.39, 0.29) is 0 Å². The van der Waals surface area contributed by atoms with Crippen LogP contribution in [0.1, 0.15) is 44.0 Å². The summed E-state index contributed by atoms with van der Waals surface area (Å²) in [6.07, 6.45) is 0.119. The lowest BCUT2D eigenvalue weighted by Gasteiger charge is -2.19. The molecule has 5 heteroatoms. The Morgan fingerprint density at radius 1 is 1.43 bits per heavy atom. The van der Waals surface area contributed by atoms with Crippen LogP contribution in [-0.2, 0) is 4.74 Å². The Morgan fingerprint density at radius 2 is 2.10 bits per heavy atom. The van der Waals surface area contributed by atoms with Gasteiger partial charge in [-0.1, -0.05) is 11.8 Å². The largest absolute Gasteiger partial charge is 0.444 e. The molecule has 0 aromatic carbocycles. The fourth-order valence-corrected chi connectivity index (χ4v) is 1.74. The first-order chi connectivity index (χ1) is 9.69. The number of rotatable bonds is 2. The minimum atomic E-state index is -0.486. The van der Waals surface area contributed by atoms with Gasteiger partial charge in [-0.2, -0.15) is 0 Å². The summed E-state index contributed by atoms with van der Waals surface area (Å²) in [7, 11) is 0. The minimum absolute atomic E-state index is 0.425. The Hall–Kier alpha value is -2.22. The van der Waals surface area contributed by atoms with Crippen molar-refractivity contribution in [3.05, 3.63) is 22.9 Å². The van der Waals surface area contributed by atoms with Crippen LogP contribution in [0, 0.1) is 25.7 Å². The number of hydrogen-bond donors (Lipinski definition) is 2. The predicted octanol–water partition coefficient (Wildman–Crippen LogP) is 2.55. The van der Waals surface area contributed by atoms with Gasteiger partial charge in [0.1, 0.15) is 11.4 Å². The molecule has 1 heterocycles. The Bertz CT molecular complexity index is 554. The molecule has 0 bridgehead atoms. The van der Waals surface area contributed by atoms with Gasteiger partial charge in [-0.05, 0) is 46.2 Å². The quantitative estimate of drug-likeness (QED) is 0.648. The number of anilines is 1. The summed E-state index contributed by atoms with van der Waals surface area (Å²) in [6, 6.07) is 1.80. The molecular weight excluding hydrogens is 266 g/mol. The topological polar surface area (TPSA) is 77.2 Å². The second kappa shape index (κ2) is 6.98. The summed E-state index contributed by atoms with van der Waals surface area (Å²) in [5, 5.41) is 2.66. The molecule has 0 radical (unpaired) electrons. The zero-order valence-corrected chi connectivity index (χ0v) is 13.3. The third-order valence-corrected chi connectivity index (χ3v) is 2.55. The molecule has 114 valence electrons. The highest BCUT2D eigenvalue weighted by atomic mass is 16.6. The van der Waals surface area contributed by atoms with Gasteiger partial charge in [0.15, 0.2) is 0 Å². The standard InChI is InChI=1S/C16H23N3O2/c1-11-10-14(17)19-12(2)13(11)8-6-7-9-18-15(20)21-16(3,4)5/h10H,7,9H2,1-5H3,(H2,17,19)(H,18,20). The smallest absolute Gasteiger partial charge is 0.407 e. The van der Waals surface area contributed by atoms with Crippen LogP contribution < -0.4 is 11.1 Å². The molecule has 5 nitrogen and oxygen atoms in total. The molecular formula is C16H23N3O2. The van der Waals surface area contributed by atoms with Crippen molar-refractivity contribution in [2.75, 3.05) is 12.3 Å². The van der Waals surface area contributed by atoms with E-state index in [9.17, 15) is 4.79 Å². The van der Waals surface area contributed by atoms with E-state index >= 15 is 0 Å². The van der Waals surface area contributed by atoms with E-state index in [1.54, 1.807) is 6.07 Å². The van der Waals surface area contributed by atoms with Crippen molar-refractivity contribution in [1.29, 1.82) is 0 Å². The number of pyridine rings is 1. The van der Waals surface area contributed by atoms with Crippen LogP contribution >= 0.6 is 0 Å². The van der Waals surface area contributed by atoms with Gasteiger partial charge in [0, 0.05) is 18.5 Å². The van der Waals surface area contributed by atoms with Crippen molar-refractivity contribution in [3.63, 3.8) is 0 Å². The van der Waals surface area contributed by atoms with E-state index in [0.29, 0.717) is 18.8 Å². The normalized spacial score (nSPS) is 10.5. The van der Waals surface area contributed by atoms with Gasteiger partial charge >= 0.3 is 6.09 Å². The van der Waals surface area contributed by atoms with E-state index in [0.717, 1.165) is 16.8 Å². The van der Waals surface area contributed by atoms with Crippen LogP contribution in [-0.4, -0.2) is 23.2 Å². The van der Waals surface area contributed by atoms with Gasteiger partial charge in [0.05, 0.1) is 5.69 Å². The number of carbonyl (C=O) groups is 1. The maximum Gasteiger partial charge on any atom is 0.407 e. The lowest BCUT2D eigenvalue weighted by atomic mass is 10.1. The second-order valence-corrected chi connectivity index (χ2v) is 5.80. The van der Waals surface area contributed by atoms with Crippen molar-refractivity contribution in [2.45, 2.75) is 46.6 Å². The van der Waals surface area contributed by atoms with Gasteiger partial charge < -0.3 is 15.8 Å². The fraction of sp³-hybridized carbons (Fsp3) is 0.500. The molecule has 0 atom stereocenters. The molecule has 1 aromatic rings. The molecule has 0 saturated heterocycles. The summed E-state index contributed by atoms with van der Waals surface area (Å²) in [4.78, 5) is 15.6. The number of nitrogens with zero attached hydrogens (tertiary/aromatic N) is 1. The maximum atomic E-state index is 11.4. The van der Waals surface area contributed by atoms with Gasteiger partial charge in [0.25, 0.3) is 0 Å². The zero-order chi connectivity index (χ0) is 16.0. The molecule has 0 fully saturated rings. The van der Waals surface area contributed by atoms with Gasteiger partial charge in [-0.25, -0.2) is 9.78 Å². The van der Waals surface area contributed by atoms with Crippen molar-refractivity contribution in [2.24, 2.45) is 0 Å². The number of amides is 1. The lowest BCUT2D eigenvalue weighted by Crippen LogP contribution is -2.32. The first kappa shape index (κ1) is 16.8. The van der Waals surface area contributed by atoms with E-state index in [1.165, 1.54) is 0 Å². The summed E-state index contributed by atoms with van der Waals surface area (Å²) < 4.78 is 5.13. The third-order valence-electron chi connectivity index (χ3n) is 2.55. The molecule has 0 saturated carbocycles. The van der Waals surface area contributed by atoms with Gasteiger partial charge in [-0.15, -0.1) is 0 Å². The van der Waals surface area contributed by atoms with E-state index in [2.05, 4.69) is 22.1 Å². The Balaban J connectivity index is 2.50. The number of nitrogen functional groups attached to an aromatic ring is 1. The second-order valence-electron chi connectivity index (χ2n) is 5.80. The highest BCUT2D eigenvalue weighted by Gasteiger charge is 2.15. The lowest BCUT2D eigenvalue weighted by molar-refractivity contribution is 0.0529. The molecule has 0 unspecified atom stereocenters. The molecule has 3 N–H and O–H groups in total. The summed E-state index contributed by atoms with van der Waals surface area (Å²) in [5.41, 5.74) is 7.90. The van der Waals surface area contributed by atoms with Crippen LogP contribution in [0.5, 0.6) is 0 Å². The molecule has 0 aliphatic heterocycles. The molecule has 0 aliphatic carbocycles. The van der Waals surface area contributed by atoms with Crippen molar-refractivity contribution in [1.82, 2.24) is 10.3 Å². The summed E-state index contributed by atoms with van der Waals surface area (Å²) in [6.45, 7) is 9.76. The molecule has 0 spiro atoms. The number of alkyl carbamates (subject to hydrolysis) is 1. The summed E-state index contributed by atoms with van der Waals surface area (Å²) in [5.74, 6) is 6.59. The Morgan fingerprint density at radius 3 is 2.67 bits per heavy atom. The molecule has 21 heavy (non-hydrogen) atoms. The van der Waals surface area contributed by atoms with E-state index < -0.39 is 11.7 Å². The van der Waals surface area contributed by atoms with Gasteiger partial charge in [-0.3, -0.25) is 0 Å². The maximum absolute atomic E-state index is 11.4. The number of ether oxygens (including phenoxy) is 1. The fourth-order valence-electron chi connectivity index (χ4n) is 1.74. The monoisotopic (exact) mass is 289 g/mol. The zero-order valence-electron chi connectivity index (χ0n) is 13.3. The van der Waals surface area contributed by atoms with Crippen molar-refractivity contribution in [3.8, 4) is 11.8 Å². The molecule has 1 aromatic heterocycles. The SMILES string of the molecule is Cc1cc(N)nc(C)c1C#CCCNC(=O)OC(C)(C)C. The third kappa shape index (κ3) is 6.17. The Kier molecular flexibility index (Phi) is 5.60. The van der Waals surface area contributed by atoms with Crippen LogP contribution in [0.25, 0.3) is 0 Å². The average Bonchev–Trinajstić information content (AvgIpc) is 2.29. The highest BCUT2D eigenvalue weighted by molar-refractivity contribution is 5.67. The molecule has 1 amide bonds. The van der Waals surface area contributed by atoms with Crippen molar-refractivity contribution < 1.29 is 9.53 Å². The van der Waals surface area contributed by atoms with Gasteiger partial charge in [0.2, 0.25) is 0 Å². The van der Waals surface area contributed by atoms with E-state index in [1.807, 2.05) is 34.6 Å². The van der Waals surface area contributed by atoms with Crippen LogP contribution in [0.2, 0.25) is 0 Å². The predicted molar refractivity (Wildman–Crippen MR) is 83.9 cm³/mol. The molecule has 1 rings (SSSR count). The van der Waals surface area contributed by atoms with Crippen LogP contribution in [0.15, 0.2) is 6.07 Å². The van der Waals surface area contributed by atoms with Crippen LogP contribution in [0.3, 0.4) is 0 Å².